The second kappa shape index (κ2) is 16.1. The molecule has 4 nitrogen and oxygen atoms in total. The second-order valence-corrected chi connectivity index (χ2v) is 6.57. The Labute approximate surface area is 153 Å². The van der Waals surface area contributed by atoms with Gasteiger partial charge >= 0.3 is 0 Å². The van der Waals surface area contributed by atoms with Crippen LogP contribution in [0.3, 0.4) is 0 Å². The lowest BCUT2D eigenvalue weighted by Gasteiger charge is -2.06. The van der Waals surface area contributed by atoms with E-state index >= 15 is 0 Å². The van der Waals surface area contributed by atoms with Gasteiger partial charge in [-0.1, -0.05) is 58.3 Å². The molecule has 0 fully saturated rings. The number of benzene rings is 1. The van der Waals surface area contributed by atoms with Crippen molar-refractivity contribution in [1.29, 1.82) is 0 Å². The third-order valence-electron chi connectivity index (χ3n) is 4.21. The lowest BCUT2D eigenvalue weighted by molar-refractivity contribution is 0.282. The van der Waals surface area contributed by atoms with E-state index in [1.165, 1.54) is 44.9 Å². The van der Waals surface area contributed by atoms with E-state index in [4.69, 9.17) is 9.84 Å². The average molecular weight is 349 g/mol. The van der Waals surface area contributed by atoms with Crippen LogP contribution in [0, 0.1) is 0 Å². The highest BCUT2D eigenvalue weighted by molar-refractivity contribution is 5.40. The van der Waals surface area contributed by atoms with E-state index in [0.29, 0.717) is 6.61 Å². The van der Waals surface area contributed by atoms with Crippen LogP contribution in [0.5, 0.6) is 5.75 Å². The Kier molecular flexibility index (Phi) is 13.9. The molecule has 1 N–H and O–H groups in total. The Morgan fingerprint density at radius 3 is 2.00 bits per heavy atom. The fourth-order valence-corrected chi connectivity index (χ4v) is 2.61. The minimum Gasteiger partial charge on any atom is -0.494 e. The molecule has 0 bridgehead atoms. The molecule has 1 rings (SSSR count). The van der Waals surface area contributed by atoms with Crippen LogP contribution in [0.15, 0.2) is 34.5 Å². The first kappa shape index (κ1) is 21.6. The standard InChI is InChI=1S/C21H36N2O2/c1-2-3-17-22-23-20-13-15-21(16-14-20)25-19-12-10-8-6-4-5-7-9-11-18-24/h13-16,24H,2-12,17-19H2,1H3. The molecular formula is C21H36N2O2. The SMILES string of the molecule is CCCCN=Nc1ccc(OCCCCCCCCCCCO)cc1. The van der Waals surface area contributed by atoms with Crippen molar-refractivity contribution in [3.8, 4) is 5.75 Å². The van der Waals surface area contributed by atoms with E-state index in [9.17, 15) is 0 Å². The van der Waals surface area contributed by atoms with Crippen molar-refractivity contribution >= 4 is 5.69 Å². The number of aliphatic hydroxyl groups is 1. The van der Waals surface area contributed by atoms with Crippen LogP contribution in [0.1, 0.15) is 77.6 Å². The van der Waals surface area contributed by atoms with Crippen LogP contribution in [-0.4, -0.2) is 24.9 Å². The van der Waals surface area contributed by atoms with E-state index in [0.717, 1.165) is 50.3 Å². The van der Waals surface area contributed by atoms with E-state index in [1.54, 1.807) is 0 Å². The van der Waals surface area contributed by atoms with Crippen LogP contribution >= 0.6 is 0 Å². The van der Waals surface area contributed by atoms with Gasteiger partial charge in [-0.25, -0.2) is 0 Å². The molecule has 0 aliphatic carbocycles. The molecule has 0 aliphatic heterocycles. The van der Waals surface area contributed by atoms with Gasteiger partial charge < -0.3 is 9.84 Å². The molecule has 1 aromatic carbocycles. The van der Waals surface area contributed by atoms with Gasteiger partial charge in [-0.15, -0.1) is 0 Å². The maximum atomic E-state index is 8.72. The third kappa shape index (κ3) is 12.6. The summed E-state index contributed by atoms with van der Waals surface area (Å²) in [6, 6.07) is 7.87. The Balaban J connectivity index is 1.98. The van der Waals surface area contributed by atoms with Gasteiger partial charge in [0.2, 0.25) is 0 Å². The van der Waals surface area contributed by atoms with Gasteiger partial charge in [-0.2, -0.15) is 10.2 Å². The average Bonchev–Trinajstić information content (AvgIpc) is 2.64. The van der Waals surface area contributed by atoms with Crippen molar-refractivity contribution < 1.29 is 9.84 Å². The minimum absolute atomic E-state index is 0.339. The highest BCUT2D eigenvalue weighted by Gasteiger charge is 1.96. The summed E-state index contributed by atoms with van der Waals surface area (Å²) in [5.41, 5.74) is 0.891. The molecule has 0 aromatic heterocycles. The minimum atomic E-state index is 0.339. The van der Waals surface area contributed by atoms with Gasteiger partial charge in [0.1, 0.15) is 5.75 Å². The van der Waals surface area contributed by atoms with Crippen molar-refractivity contribution in [3.05, 3.63) is 24.3 Å². The quantitative estimate of drug-likeness (QED) is 0.275. The summed E-state index contributed by atoms with van der Waals surface area (Å²) in [6.07, 6.45) is 13.2. The lowest BCUT2D eigenvalue weighted by Crippen LogP contribution is -1.96. The topological polar surface area (TPSA) is 54.2 Å². The Morgan fingerprint density at radius 1 is 0.800 bits per heavy atom. The molecule has 0 aliphatic rings. The highest BCUT2D eigenvalue weighted by atomic mass is 16.5. The summed E-state index contributed by atoms with van der Waals surface area (Å²) in [5, 5.41) is 17.1. The molecule has 0 spiro atoms. The number of nitrogens with zero attached hydrogens (tertiary/aromatic N) is 2. The lowest BCUT2D eigenvalue weighted by atomic mass is 10.1. The Morgan fingerprint density at radius 2 is 1.40 bits per heavy atom. The van der Waals surface area contributed by atoms with Crippen molar-refractivity contribution in [2.75, 3.05) is 19.8 Å². The van der Waals surface area contributed by atoms with Crippen LogP contribution in [0.2, 0.25) is 0 Å². The summed E-state index contributed by atoms with van der Waals surface area (Å²) < 4.78 is 5.78. The van der Waals surface area contributed by atoms with E-state index < -0.39 is 0 Å². The first-order chi connectivity index (χ1) is 12.4. The van der Waals surface area contributed by atoms with E-state index in [1.807, 2.05) is 24.3 Å². The largest absolute Gasteiger partial charge is 0.494 e. The van der Waals surface area contributed by atoms with E-state index in [2.05, 4.69) is 17.2 Å². The van der Waals surface area contributed by atoms with Gasteiger partial charge in [0.25, 0.3) is 0 Å². The first-order valence-electron chi connectivity index (χ1n) is 10.1. The predicted molar refractivity (Wildman–Crippen MR) is 105 cm³/mol. The van der Waals surface area contributed by atoms with E-state index in [-0.39, 0.29) is 0 Å². The van der Waals surface area contributed by atoms with Crippen LogP contribution < -0.4 is 4.74 Å². The number of azo groups is 1. The number of unbranched alkanes of at least 4 members (excludes halogenated alkanes) is 9. The Bertz CT molecular complexity index is 432. The molecule has 0 heterocycles. The fraction of sp³-hybridized carbons (Fsp3) is 0.714. The summed E-state index contributed by atoms with van der Waals surface area (Å²) in [5.74, 6) is 0.913. The maximum absolute atomic E-state index is 8.72. The zero-order valence-corrected chi connectivity index (χ0v) is 16.0. The maximum Gasteiger partial charge on any atom is 0.119 e. The van der Waals surface area contributed by atoms with Gasteiger partial charge in [-0.3, -0.25) is 0 Å². The molecule has 0 saturated carbocycles. The van der Waals surface area contributed by atoms with Crippen LogP contribution in [-0.2, 0) is 0 Å². The number of rotatable bonds is 16. The molecule has 0 atom stereocenters. The van der Waals surface area contributed by atoms with Crippen molar-refractivity contribution in [2.24, 2.45) is 10.2 Å². The predicted octanol–water partition coefficient (Wildman–Crippen LogP) is 6.45. The highest BCUT2D eigenvalue weighted by Crippen LogP contribution is 2.19. The summed E-state index contributed by atoms with van der Waals surface area (Å²) in [7, 11) is 0. The number of ether oxygens (including phenoxy) is 1. The molecule has 1 aromatic rings. The third-order valence-corrected chi connectivity index (χ3v) is 4.21. The normalized spacial score (nSPS) is 11.3. The Hall–Kier alpha value is -1.42. The molecular weight excluding hydrogens is 312 g/mol. The first-order valence-corrected chi connectivity index (χ1v) is 10.1. The number of hydrogen-bond donors (Lipinski definition) is 1. The molecule has 142 valence electrons. The molecule has 4 heteroatoms. The van der Waals surface area contributed by atoms with Crippen molar-refractivity contribution in [2.45, 2.75) is 77.6 Å². The zero-order valence-electron chi connectivity index (χ0n) is 16.0. The fourth-order valence-electron chi connectivity index (χ4n) is 2.61. The van der Waals surface area contributed by atoms with Gasteiger partial charge in [0, 0.05) is 6.61 Å². The summed E-state index contributed by atoms with van der Waals surface area (Å²) in [6.45, 7) is 4.08. The molecule has 0 amide bonds. The smallest absolute Gasteiger partial charge is 0.119 e. The molecule has 0 unspecified atom stereocenters. The molecule has 0 saturated heterocycles. The van der Waals surface area contributed by atoms with Crippen LogP contribution in [0.25, 0.3) is 0 Å². The number of aliphatic hydroxyl groups excluding tert-OH is 1. The molecule has 25 heavy (non-hydrogen) atoms. The molecule has 0 radical (unpaired) electrons. The van der Waals surface area contributed by atoms with Gasteiger partial charge in [0.15, 0.2) is 0 Å². The van der Waals surface area contributed by atoms with Gasteiger partial charge in [-0.05, 0) is 43.5 Å². The van der Waals surface area contributed by atoms with Gasteiger partial charge in [0.05, 0.1) is 18.8 Å². The van der Waals surface area contributed by atoms with Crippen molar-refractivity contribution in [3.63, 3.8) is 0 Å². The zero-order chi connectivity index (χ0) is 18.0. The second-order valence-electron chi connectivity index (χ2n) is 6.57. The summed E-state index contributed by atoms with van der Waals surface area (Å²) in [4.78, 5) is 0. The monoisotopic (exact) mass is 348 g/mol. The van der Waals surface area contributed by atoms with Crippen molar-refractivity contribution in [1.82, 2.24) is 0 Å². The summed E-state index contributed by atoms with van der Waals surface area (Å²) >= 11 is 0. The number of hydrogen-bond acceptors (Lipinski definition) is 4. The van der Waals surface area contributed by atoms with Crippen LogP contribution in [0.4, 0.5) is 5.69 Å².